The summed E-state index contributed by atoms with van der Waals surface area (Å²) in [6.45, 7) is 4.22. The first-order valence-electron chi connectivity index (χ1n) is 15.7. The Balaban J connectivity index is 0.966. The number of fused-ring (bicyclic) bond motifs is 3. The SMILES string of the molecule is C[C@H](C(=O)NCCn1nnc2c(F)c3c(c(F)c21)CC(CN1CCC2(CC1)CN(c1cnc4c(n1)NC(=O)CO4)C(=O)O2)C3)N(C)C. The first-order chi connectivity index (χ1) is 22.5. The lowest BCUT2D eigenvalue weighted by molar-refractivity contribution is -0.125. The molecule has 3 amide bonds. The monoisotopic (exact) mass is 654 g/mol. The largest absolute Gasteiger partial charge is 0.465 e. The fraction of sp³-hybridized carbons (Fsp3) is 0.567. The predicted octanol–water partition coefficient (Wildman–Crippen LogP) is 1.10. The van der Waals surface area contributed by atoms with E-state index in [4.69, 9.17) is 9.47 Å². The summed E-state index contributed by atoms with van der Waals surface area (Å²) >= 11 is 0. The highest BCUT2D eigenvalue weighted by atomic mass is 19.1. The molecule has 0 bridgehead atoms. The summed E-state index contributed by atoms with van der Waals surface area (Å²) in [6, 6.07) is -0.331. The molecular weight excluding hydrogens is 618 g/mol. The van der Waals surface area contributed by atoms with E-state index in [9.17, 15) is 14.4 Å². The van der Waals surface area contributed by atoms with E-state index < -0.39 is 23.3 Å². The molecule has 4 aliphatic rings. The molecule has 17 heteroatoms. The number of hydrogen-bond donors (Lipinski definition) is 2. The average Bonchev–Trinajstić information content (AvgIpc) is 3.76. The number of aromatic nitrogens is 5. The normalized spacial score (nSPS) is 21.1. The summed E-state index contributed by atoms with van der Waals surface area (Å²) in [5.74, 6) is -0.943. The van der Waals surface area contributed by atoms with Crippen LogP contribution in [0.1, 0.15) is 30.9 Å². The van der Waals surface area contributed by atoms with Gasteiger partial charge in [0, 0.05) is 39.0 Å². The molecule has 0 saturated carbocycles. The van der Waals surface area contributed by atoms with Crippen LogP contribution in [0.25, 0.3) is 11.0 Å². The molecule has 2 fully saturated rings. The smallest absolute Gasteiger partial charge is 0.416 e. The third kappa shape index (κ3) is 5.71. The number of amides is 3. The number of carbonyl (C=O) groups is 3. The summed E-state index contributed by atoms with van der Waals surface area (Å²) in [7, 11) is 3.60. The van der Waals surface area contributed by atoms with Crippen molar-refractivity contribution in [3.8, 4) is 5.88 Å². The van der Waals surface area contributed by atoms with E-state index in [1.165, 1.54) is 15.8 Å². The lowest BCUT2D eigenvalue weighted by Gasteiger charge is -2.38. The van der Waals surface area contributed by atoms with E-state index in [1.54, 1.807) is 25.9 Å². The second-order valence-electron chi connectivity index (χ2n) is 13.0. The molecule has 250 valence electrons. The number of anilines is 2. The fourth-order valence-electron chi connectivity index (χ4n) is 6.81. The topological polar surface area (TPSA) is 160 Å². The molecule has 1 aromatic carbocycles. The lowest BCUT2D eigenvalue weighted by Crippen LogP contribution is -2.48. The second kappa shape index (κ2) is 11.9. The van der Waals surface area contributed by atoms with Gasteiger partial charge in [0.15, 0.2) is 35.4 Å². The van der Waals surface area contributed by atoms with Crippen LogP contribution in [0.5, 0.6) is 5.88 Å². The number of hydrogen-bond acceptors (Lipinski definition) is 11. The third-order valence-electron chi connectivity index (χ3n) is 9.66. The lowest BCUT2D eigenvalue weighted by atomic mass is 9.90. The van der Waals surface area contributed by atoms with Crippen molar-refractivity contribution >= 4 is 40.6 Å². The molecule has 2 saturated heterocycles. The van der Waals surface area contributed by atoms with Gasteiger partial charge in [-0.15, -0.1) is 5.10 Å². The highest BCUT2D eigenvalue weighted by Crippen LogP contribution is 2.39. The zero-order valence-electron chi connectivity index (χ0n) is 26.4. The van der Waals surface area contributed by atoms with Gasteiger partial charge in [-0.05, 0) is 50.9 Å². The molecule has 47 heavy (non-hydrogen) atoms. The Labute approximate surface area is 268 Å². The number of piperidine rings is 1. The number of carbonyl (C=O) groups excluding carboxylic acids is 3. The van der Waals surface area contributed by atoms with E-state index in [0.29, 0.717) is 63.0 Å². The molecule has 0 radical (unpaired) electrons. The quantitative estimate of drug-likeness (QED) is 0.358. The van der Waals surface area contributed by atoms with Gasteiger partial charge in [0.05, 0.1) is 25.3 Å². The van der Waals surface area contributed by atoms with E-state index >= 15 is 8.78 Å². The maximum Gasteiger partial charge on any atom is 0.416 e. The first-order valence-corrected chi connectivity index (χ1v) is 15.7. The summed E-state index contributed by atoms with van der Waals surface area (Å²) < 4.78 is 43.9. The minimum atomic E-state index is -0.693. The number of halogens is 2. The van der Waals surface area contributed by atoms with Crippen LogP contribution in [0.2, 0.25) is 0 Å². The molecule has 15 nitrogen and oxygen atoms in total. The number of likely N-dealkylation sites (tertiary alicyclic amines) is 1. The second-order valence-corrected chi connectivity index (χ2v) is 13.0. The molecular formula is C30H36F2N10O5. The van der Waals surface area contributed by atoms with Crippen molar-refractivity contribution in [3.63, 3.8) is 0 Å². The summed E-state index contributed by atoms with van der Waals surface area (Å²) in [5, 5.41) is 13.3. The van der Waals surface area contributed by atoms with Crippen molar-refractivity contribution in [2.45, 2.75) is 50.8 Å². The van der Waals surface area contributed by atoms with Gasteiger partial charge in [-0.2, -0.15) is 0 Å². The number of benzene rings is 1. The standard InChI is InChI=1S/C30H36F2N10O5/c1-16(39(2)3)27(44)33-6-9-42-25-23(32)19-11-17(10-18(19)22(31)24(25)37-38-42)13-40-7-4-30(5-8-40)15-41(29(45)47-30)20-12-34-28-26(35-20)36-21(43)14-46-28/h12,16-17H,4-11,13-15H2,1-3H3,(H,33,44)(H,35,36,43)/t16-,17?/m1/s1. The van der Waals surface area contributed by atoms with E-state index in [-0.39, 0.29) is 72.0 Å². The van der Waals surface area contributed by atoms with E-state index in [1.807, 2.05) is 0 Å². The molecule has 5 heterocycles. The Morgan fingerprint density at radius 1 is 1.19 bits per heavy atom. The number of nitrogens with zero attached hydrogens (tertiary/aromatic N) is 8. The van der Waals surface area contributed by atoms with Crippen molar-refractivity contribution in [1.29, 1.82) is 0 Å². The van der Waals surface area contributed by atoms with Crippen molar-refractivity contribution in [2.24, 2.45) is 5.92 Å². The van der Waals surface area contributed by atoms with Gasteiger partial charge in [-0.3, -0.25) is 19.4 Å². The molecule has 2 aromatic heterocycles. The van der Waals surface area contributed by atoms with Gasteiger partial charge in [-0.25, -0.2) is 28.2 Å². The van der Waals surface area contributed by atoms with Gasteiger partial charge in [-0.1, -0.05) is 5.21 Å². The fourth-order valence-corrected chi connectivity index (χ4v) is 6.81. The van der Waals surface area contributed by atoms with Crippen LogP contribution < -0.4 is 20.3 Å². The Bertz CT molecular complexity index is 1760. The van der Waals surface area contributed by atoms with Gasteiger partial charge >= 0.3 is 6.09 Å². The zero-order chi connectivity index (χ0) is 33.0. The molecule has 3 aromatic rings. The highest BCUT2D eigenvalue weighted by Gasteiger charge is 2.48. The number of rotatable bonds is 8. The van der Waals surface area contributed by atoms with Crippen molar-refractivity contribution in [2.75, 3.05) is 63.6 Å². The molecule has 3 aliphatic heterocycles. The minimum Gasteiger partial charge on any atom is -0.465 e. The Kier molecular flexibility index (Phi) is 7.90. The van der Waals surface area contributed by atoms with Crippen molar-refractivity contribution in [3.05, 3.63) is 29.0 Å². The Hall–Kier alpha value is -4.51. The minimum absolute atomic E-state index is 0.00796. The number of likely N-dealkylation sites (N-methyl/N-ethyl adjacent to an activating group) is 1. The van der Waals surface area contributed by atoms with Crippen LogP contribution in [-0.4, -0.2) is 118 Å². The van der Waals surface area contributed by atoms with Crippen LogP contribution in [0.15, 0.2) is 6.20 Å². The molecule has 1 aliphatic carbocycles. The highest BCUT2D eigenvalue weighted by molar-refractivity contribution is 5.95. The van der Waals surface area contributed by atoms with Gasteiger partial charge < -0.3 is 25.0 Å². The van der Waals surface area contributed by atoms with Crippen LogP contribution in [0, 0.1) is 17.6 Å². The zero-order valence-corrected chi connectivity index (χ0v) is 26.4. The first kappa shape index (κ1) is 31.1. The van der Waals surface area contributed by atoms with E-state index in [0.717, 1.165) is 0 Å². The van der Waals surface area contributed by atoms with Gasteiger partial charge in [0.1, 0.15) is 11.1 Å². The summed E-state index contributed by atoms with van der Waals surface area (Å²) in [6.07, 6.45) is 2.84. The predicted molar refractivity (Wildman–Crippen MR) is 163 cm³/mol. The maximum absolute atomic E-state index is 15.9. The average molecular weight is 655 g/mol. The Morgan fingerprint density at radius 3 is 2.68 bits per heavy atom. The molecule has 2 N–H and O–H groups in total. The van der Waals surface area contributed by atoms with Crippen molar-refractivity contribution < 1.29 is 32.6 Å². The molecule has 2 atom stereocenters. The van der Waals surface area contributed by atoms with Gasteiger partial charge in [0.25, 0.3) is 11.8 Å². The third-order valence-corrected chi connectivity index (χ3v) is 9.66. The van der Waals surface area contributed by atoms with Gasteiger partial charge in [0.2, 0.25) is 5.91 Å². The summed E-state index contributed by atoms with van der Waals surface area (Å²) in [4.78, 5) is 50.8. The van der Waals surface area contributed by atoms with Crippen LogP contribution in [0.3, 0.4) is 0 Å². The van der Waals surface area contributed by atoms with Crippen LogP contribution >= 0.6 is 0 Å². The Morgan fingerprint density at radius 2 is 1.94 bits per heavy atom. The molecule has 7 rings (SSSR count). The number of nitrogens with one attached hydrogen (secondary N) is 2. The van der Waals surface area contributed by atoms with E-state index in [2.05, 4.69) is 35.8 Å². The van der Waals surface area contributed by atoms with Crippen LogP contribution in [0.4, 0.5) is 25.2 Å². The summed E-state index contributed by atoms with van der Waals surface area (Å²) in [5.41, 5.74) is -0.0676. The number of ether oxygens (including phenoxy) is 2. The molecule has 1 unspecified atom stereocenters. The van der Waals surface area contributed by atoms with Crippen LogP contribution in [-0.2, 0) is 33.7 Å². The molecule has 1 spiro atoms. The van der Waals surface area contributed by atoms with Crippen molar-refractivity contribution in [1.82, 2.24) is 40.1 Å². The maximum atomic E-state index is 15.9.